The molecule has 0 aliphatic carbocycles. The van der Waals surface area contributed by atoms with Gasteiger partial charge >= 0.3 is 0 Å². The number of nitrogens with one attached hydrogen (secondary N) is 1. The molecule has 104 valence electrons. The van der Waals surface area contributed by atoms with Gasteiger partial charge in [0.1, 0.15) is 5.75 Å². The van der Waals surface area contributed by atoms with Gasteiger partial charge < -0.3 is 15.8 Å². The lowest BCUT2D eigenvalue weighted by Crippen LogP contribution is -2.14. The van der Waals surface area contributed by atoms with Gasteiger partial charge in [0, 0.05) is 10.2 Å². The predicted octanol–water partition coefficient (Wildman–Crippen LogP) is 3.68. The highest BCUT2D eigenvalue weighted by atomic mass is 79.9. The van der Waals surface area contributed by atoms with E-state index in [1.807, 2.05) is 25.1 Å². The van der Waals surface area contributed by atoms with E-state index in [-0.39, 0.29) is 5.91 Å². The molecule has 0 fully saturated rings. The van der Waals surface area contributed by atoms with Crippen molar-refractivity contribution in [3.8, 4) is 5.75 Å². The molecule has 2 aromatic rings. The minimum absolute atomic E-state index is 0.240. The Morgan fingerprint density at radius 1 is 1.30 bits per heavy atom. The molecule has 4 nitrogen and oxygen atoms in total. The predicted molar refractivity (Wildman–Crippen MR) is 84.1 cm³/mol. The summed E-state index contributed by atoms with van der Waals surface area (Å²) in [5, 5.41) is 2.83. The number of rotatable bonds is 4. The monoisotopic (exact) mass is 334 g/mol. The van der Waals surface area contributed by atoms with Crippen molar-refractivity contribution in [1.82, 2.24) is 0 Å². The number of nitrogen functional groups attached to an aromatic ring is 1. The van der Waals surface area contributed by atoms with Crippen molar-refractivity contribution in [3.63, 3.8) is 0 Å². The number of ether oxygens (including phenoxy) is 1. The topological polar surface area (TPSA) is 64.3 Å². The first-order valence-corrected chi connectivity index (χ1v) is 6.99. The van der Waals surface area contributed by atoms with Gasteiger partial charge in [0.05, 0.1) is 17.9 Å². The van der Waals surface area contributed by atoms with E-state index in [9.17, 15) is 4.79 Å². The molecule has 1 amide bonds. The average molecular weight is 335 g/mol. The number of amides is 1. The quantitative estimate of drug-likeness (QED) is 0.838. The van der Waals surface area contributed by atoms with Crippen LogP contribution >= 0.6 is 15.9 Å². The van der Waals surface area contributed by atoms with E-state index in [1.165, 1.54) is 0 Å². The van der Waals surface area contributed by atoms with Crippen LogP contribution in [0.4, 0.5) is 11.4 Å². The molecule has 0 aliphatic rings. The first kappa shape index (κ1) is 14.4. The summed E-state index contributed by atoms with van der Waals surface area (Å²) in [4.78, 5) is 12.3. The van der Waals surface area contributed by atoms with Gasteiger partial charge in [0.2, 0.25) is 0 Å². The molecule has 0 bridgehead atoms. The van der Waals surface area contributed by atoms with Gasteiger partial charge in [-0.15, -0.1) is 0 Å². The summed E-state index contributed by atoms with van der Waals surface area (Å²) in [5.41, 5.74) is 7.36. The van der Waals surface area contributed by atoms with Gasteiger partial charge in [-0.1, -0.05) is 12.1 Å². The smallest absolute Gasteiger partial charge is 0.256 e. The van der Waals surface area contributed by atoms with Crippen LogP contribution in [0.15, 0.2) is 46.9 Å². The van der Waals surface area contributed by atoms with Crippen molar-refractivity contribution in [3.05, 3.63) is 52.5 Å². The molecular formula is C15H15BrN2O2. The number of carbonyl (C=O) groups excluding carboxylic acids is 1. The lowest BCUT2D eigenvalue weighted by Gasteiger charge is -2.12. The van der Waals surface area contributed by atoms with Gasteiger partial charge in [-0.25, -0.2) is 0 Å². The van der Waals surface area contributed by atoms with Crippen LogP contribution < -0.4 is 15.8 Å². The Bertz CT molecular complexity index is 629. The third kappa shape index (κ3) is 3.30. The third-order valence-electron chi connectivity index (χ3n) is 2.67. The Morgan fingerprint density at radius 3 is 2.80 bits per heavy atom. The van der Waals surface area contributed by atoms with E-state index in [2.05, 4.69) is 21.2 Å². The highest BCUT2D eigenvalue weighted by Gasteiger charge is 2.12. The van der Waals surface area contributed by atoms with Crippen molar-refractivity contribution in [2.24, 2.45) is 0 Å². The molecule has 20 heavy (non-hydrogen) atoms. The SMILES string of the molecule is CCOc1ccccc1NC(=O)c1cc(N)ccc1Br. The highest BCUT2D eigenvalue weighted by Crippen LogP contribution is 2.26. The molecule has 5 heteroatoms. The zero-order valence-electron chi connectivity index (χ0n) is 11.0. The summed E-state index contributed by atoms with van der Waals surface area (Å²) in [6.45, 7) is 2.43. The molecule has 0 radical (unpaired) electrons. The minimum Gasteiger partial charge on any atom is -0.492 e. The van der Waals surface area contributed by atoms with E-state index in [1.54, 1.807) is 24.3 Å². The summed E-state index contributed by atoms with van der Waals surface area (Å²) >= 11 is 3.35. The van der Waals surface area contributed by atoms with Gasteiger partial charge in [-0.3, -0.25) is 4.79 Å². The van der Waals surface area contributed by atoms with Gasteiger partial charge in [0.25, 0.3) is 5.91 Å². The number of anilines is 2. The van der Waals surface area contributed by atoms with E-state index in [0.29, 0.717) is 33.8 Å². The van der Waals surface area contributed by atoms with Gasteiger partial charge in [0.15, 0.2) is 0 Å². The van der Waals surface area contributed by atoms with Crippen LogP contribution in [0.25, 0.3) is 0 Å². The van der Waals surface area contributed by atoms with Gasteiger partial charge in [-0.2, -0.15) is 0 Å². The van der Waals surface area contributed by atoms with Crippen molar-refractivity contribution in [1.29, 1.82) is 0 Å². The number of benzene rings is 2. The van der Waals surface area contributed by atoms with Gasteiger partial charge in [-0.05, 0) is 53.2 Å². The maximum absolute atomic E-state index is 12.3. The minimum atomic E-state index is -0.240. The number of carbonyl (C=O) groups is 1. The summed E-state index contributed by atoms with van der Waals surface area (Å²) in [5.74, 6) is 0.403. The Balaban J connectivity index is 2.26. The fourth-order valence-corrected chi connectivity index (χ4v) is 2.18. The summed E-state index contributed by atoms with van der Waals surface area (Å²) < 4.78 is 6.17. The molecule has 0 aliphatic heterocycles. The summed E-state index contributed by atoms with van der Waals surface area (Å²) in [6.07, 6.45) is 0. The second-order valence-electron chi connectivity index (χ2n) is 4.12. The maximum Gasteiger partial charge on any atom is 0.256 e. The van der Waals surface area contributed by atoms with Crippen LogP contribution in [0.2, 0.25) is 0 Å². The van der Waals surface area contributed by atoms with E-state index in [4.69, 9.17) is 10.5 Å². The van der Waals surface area contributed by atoms with Crippen LogP contribution in [-0.4, -0.2) is 12.5 Å². The Hall–Kier alpha value is -2.01. The molecule has 0 saturated heterocycles. The zero-order valence-corrected chi connectivity index (χ0v) is 12.6. The van der Waals surface area contributed by atoms with Crippen molar-refractivity contribution < 1.29 is 9.53 Å². The Kier molecular flexibility index (Phi) is 4.63. The number of para-hydroxylation sites is 2. The first-order valence-electron chi connectivity index (χ1n) is 6.20. The number of halogens is 1. The number of hydrogen-bond acceptors (Lipinski definition) is 3. The summed E-state index contributed by atoms with van der Waals surface area (Å²) in [6, 6.07) is 12.4. The fraction of sp³-hybridized carbons (Fsp3) is 0.133. The van der Waals surface area contributed by atoms with Crippen molar-refractivity contribution in [2.75, 3.05) is 17.7 Å². The van der Waals surface area contributed by atoms with E-state index in [0.717, 1.165) is 0 Å². The standard InChI is InChI=1S/C15H15BrN2O2/c1-2-20-14-6-4-3-5-13(14)18-15(19)11-9-10(17)7-8-12(11)16/h3-9H,2,17H2,1H3,(H,18,19). The molecule has 0 saturated carbocycles. The Labute approximate surface area is 126 Å². The van der Waals surface area contributed by atoms with E-state index >= 15 is 0 Å². The lowest BCUT2D eigenvalue weighted by molar-refractivity contribution is 0.102. The molecule has 0 spiro atoms. The highest BCUT2D eigenvalue weighted by molar-refractivity contribution is 9.10. The van der Waals surface area contributed by atoms with Crippen LogP contribution in [-0.2, 0) is 0 Å². The Morgan fingerprint density at radius 2 is 2.05 bits per heavy atom. The van der Waals surface area contributed by atoms with Crippen molar-refractivity contribution in [2.45, 2.75) is 6.92 Å². The second kappa shape index (κ2) is 6.43. The summed E-state index contributed by atoms with van der Waals surface area (Å²) in [7, 11) is 0. The van der Waals surface area contributed by atoms with Crippen LogP contribution in [0.3, 0.4) is 0 Å². The molecule has 2 rings (SSSR count). The normalized spacial score (nSPS) is 10.1. The van der Waals surface area contributed by atoms with Crippen LogP contribution in [0, 0.1) is 0 Å². The largest absolute Gasteiger partial charge is 0.492 e. The molecule has 3 N–H and O–H groups in total. The second-order valence-corrected chi connectivity index (χ2v) is 4.98. The molecule has 0 heterocycles. The van der Waals surface area contributed by atoms with E-state index < -0.39 is 0 Å². The van der Waals surface area contributed by atoms with Crippen molar-refractivity contribution >= 4 is 33.2 Å². The zero-order chi connectivity index (χ0) is 14.5. The van der Waals surface area contributed by atoms with Crippen LogP contribution in [0.5, 0.6) is 5.75 Å². The number of hydrogen-bond donors (Lipinski definition) is 2. The molecule has 2 aromatic carbocycles. The first-order chi connectivity index (χ1) is 9.61. The lowest BCUT2D eigenvalue weighted by atomic mass is 10.2. The molecular weight excluding hydrogens is 320 g/mol. The third-order valence-corrected chi connectivity index (χ3v) is 3.36. The molecule has 0 atom stereocenters. The molecule has 0 aromatic heterocycles. The number of nitrogens with two attached hydrogens (primary N) is 1. The fourth-order valence-electron chi connectivity index (χ4n) is 1.76. The average Bonchev–Trinajstić information content (AvgIpc) is 2.44. The molecule has 0 unspecified atom stereocenters. The van der Waals surface area contributed by atoms with Crippen LogP contribution in [0.1, 0.15) is 17.3 Å². The maximum atomic E-state index is 12.3.